The van der Waals surface area contributed by atoms with Crippen LogP contribution in [0.5, 0.6) is 11.5 Å². The Balaban J connectivity index is 1.98. The summed E-state index contributed by atoms with van der Waals surface area (Å²) in [6.45, 7) is 1.92. The molecule has 0 atom stereocenters. The van der Waals surface area contributed by atoms with Crippen LogP contribution in [0.1, 0.15) is 12.0 Å². The molecule has 1 heterocycles. The molecule has 1 aromatic carbocycles. The highest BCUT2D eigenvalue weighted by atomic mass is 79.9. The van der Waals surface area contributed by atoms with E-state index in [2.05, 4.69) is 26.2 Å². The normalized spacial score (nSPS) is 10.4. The fraction of sp³-hybridized carbons (Fsp3) is 0.353. The van der Waals surface area contributed by atoms with Crippen LogP contribution >= 0.6 is 15.9 Å². The van der Waals surface area contributed by atoms with Gasteiger partial charge >= 0.3 is 0 Å². The number of nitrogens with zero attached hydrogens (tertiary/aromatic N) is 1. The van der Waals surface area contributed by atoms with E-state index in [4.69, 9.17) is 14.2 Å². The second-order valence-electron chi connectivity index (χ2n) is 4.88. The minimum absolute atomic E-state index is 0.592. The van der Waals surface area contributed by atoms with E-state index >= 15 is 0 Å². The molecule has 0 bridgehead atoms. The summed E-state index contributed by atoms with van der Waals surface area (Å²) in [7, 11) is 3.32. The maximum atomic E-state index is 5.79. The van der Waals surface area contributed by atoms with Crippen molar-refractivity contribution in [3.8, 4) is 11.5 Å². The van der Waals surface area contributed by atoms with E-state index in [9.17, 15) is 0 Å². The molecule has 0 radical (unpaired) electrons. The molecule has 1 aromatic heterocycles. The summed E-state index contributed by atoms with van der Waals surface area (Å²) in [6, 6.07) is 11.7. The van der Waals surface area contributed by atoms with Gasteiger partial charge in [-0.15, -0.1) is 0 Å². The highest BCUT2D eigenvalue weighted by molar-refractivity contribution is 9.10. The Morgan fingerprint density at radius 1 is 1.09 bits per heavy atom. The van der Waals surface area contributed by atoms with Crippen molar-refractivity contribution in [1.29, 1.82) is 0 Å². The molecular weight excluding hydrogens is 360 g/mol. The van der Waals surface area contributed by atoms with Crippen LogP contribution < -0.4 is 14.8 Å². The number of nitrogens with one attached hydrogen (secondary N) is 1. The number of hydrogen-bond acceptors (Lipinski definition) is 5. The third kappa shape index (κ3) is 5.73. The third-order valence-electron chi connectivity index (χ3n) is 3.17. The maximum absolute atomic E-state index is 5.79. The molecule has 5 nitrogen and oxygen atoms in total. The second kappa shape index (κ2) is 9.37. The topological polar surface area (TPSA) is 52.6 Å². The van der Waals surface area contributed by atoms with Crippen molar-refractivity contribution >= 4 is 21.7 Å². The number of methoxy groups -OCH3 is 2. The Morgan fingerprint density at radius 3 is 2.70 bits per heavy atom. The zero-order valence-electron chi connectivity index (χ0n) is 13.3. The predicted molar refractivity (Wildman–Crippen MR) is 94.2 cm³/mol. The van der Waals surface area contributed by atoms with Crippen molar-refractivity contribution in [2.45, 2.75) is 13.0 Å². The van der Waals surface area contributed by atoms with Gasteiger partial charge in [0.05, 0.1) is 13.7 Å². The van der Waals surface area contributed by atoms with E-state index in [1.165, 1.54) is 0 Å². The molecule has 0 aliphatic heterocycles. The van der Waals surface area contributed by atoms with Crippen molar-refractivity contribution in [3.05, 3.63) is 46.6 Å². The summed E-state index contributed by atoms with van der Waals surface area (Å²) < 4.78 is 17.0. The van der Waals surface area contributed by atoms with Crippen LogP contribution in [0.2, 0.25) is 0 Å². The van der Waals surface area contributed by atoms with E-state index < -0.39 is 0 Å². The van der Waals surface area contributed by atoms with Gasteiger partial charge in [-0.3, -0.25) is 0 Å². The van der Waals surface area contributed by atoms with Crippen molar-refractivity contribution in [1.82, 2.24) is 4.98 Å². The fourth-order valence-corrected chi connectivity index (χ4v) is 2.37. The van der Waals surface area contributed by atoms with Gasteiger partial charge in [-0.05, 0) is 45.8 Å². The van der Waals surface area contributed by atoms with Gasteiger partial charge < -0.3 is 19.5 Å². The SMILES string of the molecule is COCCCOc1cc(CNc2cccc(Br)n2)ccc1OC. The van der Waals surface area contributed by atoms with Crippen LogP contribution in [-0.2, 0) is 11.3 Å². The van der Waals surface area contributed by atoms with Gasteiger partial charge in [0, 0.05) is 26.7 Å². The first-order valence-electron chi connectivity index (χ1n) is 7.38. The van der Waals surface area contributed by atoms with Crippen LogP contribution in [0.15, 0.2) is 41.0 Å². The summed E-state index contributed by atoms with van der Waals surface area (Å²) in [6.07, 6.45) is 0.837. The average Bonchev–Trinajstić information content (AvgIpc) is 2.57. The van der Waals surface area contributed by atoms with E-state index in [-0.39, 0.29) is 0 Å². The molecule has 0 amide bonds. The minimum Gasteiger partial charge on any atom is -0.493 e. The lowest BCUT2D eigenvalue weighted by molar-refractivity contribution is 0.170. The van der Waals surface area contributed by atoms with E-state index in [0.717, 1.165) is 33.9 Å². The summed E-state index contributed by atoms with van der Waals surface area (Å²) >= 11 is 3.36. The first kappa shape index (κ1) is 17.6. The molecular formula is C17H21BrN2O3. The standard InChI is InChI=1S/C17H21BrN2O3/c1-21-9-4-10-23-15-11-13(7-8-14(15)22-2)12-19-17-6-3-5-16(18)20-17/h3,5-8,11H,4,9-10,12H2,1-2H3,(H,19,20). The lowest BCUT2D eigenvalue weighted by Crippen LogP contribution is -2.05. The van der Waals surface area contributed by atoms with E-state index in [1.807, 2.05) is 36.4 Å². The van der Waals surface area contributed by atoms with Crippen molar-refractivity contribution < 1.29 is 14.2 Å². The molecule has 0 spiro atoms. The molecule has 1 N–H and O–H groups in total. The van der Waals surface area contributed by atoms with Crippen LogP contribution in [0.3, 0.4) is 0 Å². The first-order chi connectivity index (χ1) is 11.2. The minimum atomic E-state index is 0.592. The third-order valence-corrected chi connectivity index (χ3v) is 3.61. The fourth-order valence-electron chi connectivity index (χ4n) is 2.03. The van der Waals surface area contributed by atoms with Gasteiger partial charge in [0.25, 0.3) is 0 Å². The Labute approximate surface area is 145 Å². The summed E-state index contributed by atoms with van der Waals surface area (Å²) in [5.74, 6) is 2.29. The lowest BCUT2D eigenvalue weighted by atomic mass is 10.2. The monoisotopic (exact) mass is 380 g/mol. The Morgan fingerprint density at radius 2 is 1.96 bits per heavy atom. The molecule has 124 valence electrons. The van der Waals surface area contributed by atoms with E-state index in [0.29, 0.717) is 19.8 Å². The molecule has 0 aliphatic rings. The van der Waals surface area contributed by atoms with Crippen molar-refractivity contribution in [3.63, 3.8) is 0 Å². The van der Waals surface area contributed by atoms with Crippen LogP contribution in [0.25, 0.3) is 0 Å². The van der Waals surface area contributed by atoms with Crippen molar-refractivity contribution in [2.75, 3.05) is 32.8 Å². The van der Waals surface area contributed by atoms with Gasteiger partial charge in [0.15, 0.2) is 11.5 Å². The number of hydrogen-bond donors (Lipinski definition) is 1. The van der Waals surface area contributed by atoms with E-state index in [1.54, 1.807) is 14.2 Å². The molecule has 0 unspecified atom stereocenters. The maximum Gasteiger partial charge on any atom is 0.161 e. The van der Waals surface area contributed by atoms with Crippen LogP contribution in [-0.4, -0.2) is 32.4 Å². The molecule has 0 aliphatic carbocycles. The smallest absolute Gasteiger partial charge is 0.161 e. The molecule has 0 saturated heterocycles. The number of aromatic nitrogens is 1. The number of anilines is 1. The number of rotatable bonds is 9. The van der Waals surface area contributed by atoms with Gasteiger partial charge in [-0.1, -0.05) is 12.1 Å². The highest BCUT2D eigenvalue weighted by Crippen LogP contribution is 2.28. The average molecular weight is 381 g/mol. The molecule has 0 fully saturated rings. The largest absolute Gasteiger partial charge is 0.493 e. The lowest BCUT2D eigenvalue weighted by Gasteiger charge is -2.13. The Bertz CT molecular complexity index is 623. The molecule has 6 heteroatoms. The molecule has 2 rings (SSSR count). The second-order valence-corrected chi connectivity index (χ2v) is 5.69. The number of halogens is 1. The van der Waals surface area contributed by atoms with Gasteiger partial charge in [0.1, 0.15) is 10.4 Å². The highest BCUT2D eigenvalue weighted by Gasteiger charge is 2.06. The summed E-state index contributed by atoms with van der Waals surface area (Å²) in [5.41, 5.74) is 1.09. The zero-order valence-corrected chi connectivity index (χ0v) is 14.9. The Kier molecular flexibility index (Phi) is 7.16. The summed E-state index contributed by atoms with van der Waals surface area (Å²) in [5, 5.41) is 3.29. The number of ether oxygens (including phenoxy) is 3. The molecule has 23 heavy (non-hydrogen) atoms. The predicted octanol–water partition coefficient (Wildman–Crippen LogP) is 3.88. The van der Waals surface area contributed by atoms with Crippen LogP contribution in [0, 0.1) is 0 Å². The number of pyridine rings is 1. The van der Waals surface area contributed by atoms with Crippen molar-refractivity contribution in [2.24, 2.45) is 0 Å². The van der Waals surface area contributed by atoms with Gasteiger partial charge in [-0.25, -0.2) is 4.98 Å². The van der Waals surface area contributed by atoms with Gasteiger partial charge in [0.2, 0.25) is 0 Å². The van der Waals surface area contributed by atoms with Gasteiger partial charge in [-0.2, -0.15) is 0 Å². The summed E-state index contributed by atoms with van der Waals surface area (Å²) in [4.78, 5) is 4.35. The zero-order chi connectivity index (χ0) is 16.5. The Hall–Kier alpha value is -1.79. The van der Waals surface area contributed by atoms with Crippen LogP contribution in [0.4, 0.5) is 5.82 Å². The number of benzene rings is 1. The molecule has 0 saturated carbocycles. The molecule has 2 aromatic rings. The first-order valence-corrected chi connectivity index (χ1v) is 8.17. The quantitative estimate of drug-likeness (QED) is 0.528.